The van der Waals surface area contributed by atoms with Crippen LogP contribution in [-0.4, -0.2) is 49.2 Å². The Kier molecular flexibility index (Phi) is 3.66. The lowest BCUT2D eigenvalue weighted by Gasteiger charge is -2.36. The minimum Gasteiger partial charge on any atom is -0.478 e. The molecule has 1 aliphatic heterocycles. The van der Waals surface area contributed by atoms with Gasteiger partial charge in [-0.15, -0.1) is 0 Å². The van der Waals surface area contributed by atoms with Gasteiger partial charge >= 0.3 is 5.97 Å². The monoisotopic (exact) mass is 274 g/mol. The standard InChI is InChI=1S/C16H22N2O2/c1-17-8-10-18(11-9-17)15-7-6-14(16(19)20)12-4-2-3-5-13(12)15/h6-7H,2-5,8-11H2,1H3,(H,19,20). The van der Waals surface area contributed by atoms with Gasteiger partial charge in [-0.2, -0.15) is 0 Å². The Morgan fingerprint density at radius 2 is 1.70 bits per heavy atom. The topological polar surface area (TPSA) is 43.8 Å². The number of anilines is 1. The maximum atomic E-state index is 11.4. The van der Waals surface area contributed by atoms with Crippen LogP contribution < -0.4 is 4.90 Å². The van der Waals surface area contributed by atoms with Gasteiger partial charge in [0.05, 0.1) is 5.56 Å². The van der Waals surface area contributed by atoms with E-state index in [9.17, 15) is 9.90 Å². The Morgan fingerprint density at radius 3 is 2.35 bits per heavy atom. The highest BCUT2D eigenvalue weighted by atomic mass is 16.4. The third kappa shape index (κ3) is 2.40. The molecule has 1 N–H and O–H groups in total. The second-order valence-corrected chi connectivity index (χ2v) is 5.89. The van der Waals surface area contributed by atoms with Crippen molar-refractivity contribution in [3.8, 4) is 0 Å². The summed E-state index contributed by atoms with van der Waals surface area (Å²) in [5.41, 5.74) is 4.16. The van der Waals surface area contributed by atoms with E-state index >= 15 is 0 Å². The van der Waals surface area contributed by atoms with E-state index in [2.05, 4.69) is 16.8 Å². The molecule has 1 heterocycles. The lowest BCUT2D eigenvalue weighted by molar-refractivity contribution is 0.0695. The average Bonchev–Trinajstić information content (AvgIpc) is 2.47. The first-order valence-electron chi connectivity index (χ1n) is 7.48. The number of carboxylic acid groups (broad SMARTS) is 1. The fraction of sp³-hybridized carbons (Fsp3) is 0.562. The van der Waals surface area contributed by atoms with E-state index in [-0.39, 0.29) is 0 Å². The number of piperazine rings is 1. The number of hydrogen-bond acceptors (Lipinski definition) is 3. The van der Waals surface area contributed by atoms with Crippen molar-refractivity contribution in [2.75, 3.05) is 38.1 Å². The number of likely N-dealkylation sites (N-methyl/N-ethyl adjacent to an activating group) is 1. The molecule has 0 radical (unpaired) electrons. The highest BCUT2D eigenvalue weighted by Gasteiger charge is 2.24. The van der Waals surface area contributed by atoms with Crippen molar-refractivity contribution in [3.63, 3.8) is 0 Å². The molecule has 0 spiro atoms. The Morgan fingerprint density at radius 1 is 1.05 bits per heavy atom. The maximum Gasteiger partial charge on any atom is 0.335 e. The molecule has 0 bridgehead atoms. The van der Waals surface area contributed by atoms with Crippen LogP contribution in [0.4, 0.5) is 5.69 Å². The summed E-state index contributed by atoms with van der Waals surface area (Å²) in [5.74, 6) is -0.784. The fourth-order valence-electron chi connectivity index (χ4n) is 3.39. The van der Waals surface area contributed by atoms with Crippen LogP contribution in [0.5, 0.6) is 0 Å². The van der Waals surface area contributed by atoms with E-state index in [1.807, 2.05) is 6.07 Å². The smallest absolute Gasteiger partial charge is 0.335 e. The Balaban J connectivity index is 1.97. The molecule has 1 fully saturated rings. The van der Waals surface area contributed by atoms with Gasteiger partial charge in [0.2, 0.25) is 0 Å². The first kappa shape index (κ1) is 13.4. The fourth-order valence-corrected chi connectivity index (χ4v) is 3.39. The summed E-state index contributed by atoms with van der Waals surface area (Å²) in [4.78, 5) is 16.2. The summed E-state index contributed by atoms with van der Waals surface area (Å²) in [6.45, 7) is 4.23. The first-order chi connectivity index (χ1) is 9.66. The Bertz CT molecular complexity index is 519. The third-order valence-corrected chi connectivity index (χ3v) is 4.58. The zero-order valence-corrected chi connectivity index (χ0v) is 12.1. The molecule has 4 heteroatoms. The van der Waals surface area contributed by atoms with Gasteiger partial charge in [0.15, 0.2) is 0 Å². The predicted octanol–water partition coefficient (Wildman–Crippen LogP) is 2.02. The third-order valence-electron chi connectivity index (χ3n) is 4.58. The molecule has 0 amide bonds. The second kappa shape index (κ2) is 5.44. The molecule has 0 saturated carbocycles. The summed E-state index contributed by atoms with van der Waals surface area (Å²) in [6, 6.07) is 3.83. The van der Waals surface area contributed by atoms with Crippen molar-refractivity contribution in [3.05, 3.63) is 28.8 Å². The number of carbonyl (C=O) groups is 1. The van der Waals surface area contributed by atoms with Crippen molar-refractivity contribution in [1.29, 1.82) is 0 Å². The van der Waals surface area contributed by atoms with E-state index in [4.69, 9.17) is 0 Å². The van der Waals surface area contributed by atoms with E-state index in [0.29, 0.717) is 5.56 Å². The van der Waals surface area contributed by atoms with Crippen LogP contribution in [0.3, 0.4) is 0 Å². The van der Waals surface area contributed by atoms with Crippen molar-refractivity contribution in [1.82, 2.24) is 4.90 Å². The molecule has 3 rings (SSSR count). The van der Waals surface area contributed by atoms with Gasteiger partial charge in [-0.1, -0.05) is 0 Å². The summed E-state index contributed by atoms with van der Waals surface area (Å²) >= 11 is 0. The molecular formula is C16H22N2O2. The molecule has 0 atom stereocenters. The lowest BCUT2D eigenvalue weighted by Crippen LogP contribution is -2.45. The van der Waals surface area contributed by atoms with Crippen LogP contribution >= 0.6 is 0 Å². The predicted molar refractivity (Wildman–Crippen MR) is 79.8 cm³/mol. The van der Waals surface area contributed by atoms with Gasteiger partial charge in [-0.3, -0.25) is 0 Å². The molecule has 108 valence electrons. The van der Waals surface area contributed by atoms with Crippen LogP contribution in [0.1, 0.15) is 34.3 Å². The van der Waals surface area contributed by atoms with Gasteiger partial charge in [0.25, 0.3) is 0 Å². The highest BCUT2D eigenvalue weighted by Crippen LogP contribution is 2.33. The average molecular weight is 274 g/mol. The largest absolute Gasteiger partial charge is 0.478 e. The van der Waals surface area contributed by atoms with Crippen molar-refractivity contribution in [2.24, 2.45) is 0 Å². The Labute approximate surface area is 120 Å². The number of nitrogens with zero attached hydrogens (tertiary/aromatic N) is 2. The molecule has 1 aliphatic carbocycles. The number of hydrogen-bond donors (Lipinski definition) is 1. The van der Waals surface area contributed by atoms with Crippen LogP contribution in [0.15, 0.2) is 12.1 Å². The van der Waals surface area contributed by atoms with Crippen molar-refractivity contribution in [2.45, 2.75) is 25.7 Å². The highest BCUT2D eigenvalue weighted by molar-refractivity contribution is 5.91. The summed E-state index contributed by atoms with van der Waals surface area (Å²) in [7, 11) is 2.15. The minimum atomic E-state index is -0.784. The number of carboxylic acids is 1. The zero-order chi connectivity index (χ0) is 14.1. The van der Waals surface area contributed by atoms with E-state index in [1.165, 1.54) is 17.7 Å². The molecule has 0 aromatic heterocycles. The first-order valence-corrected chi connectivity index (χ1v) is 7.48. The van der Waals surface area contributed by atoms with Crippen LogP contribution in [-0.2, 0) is 12.8 Å². The number of fused-ring (bicyclic) bond motifs is 1. The normalized spacial score (nSPS) is 19.8. The van der Waals surface area contributed by atoms with Gasteiger partial charge in [0, 0.05) is 31.9 Å². The van der Waals surface area contributed by atoms with Gasteiger partial charge in [-0.05, 0) is 56.0 Å². The molecule has 1 saturated heterocycles. The van der Waals surface area contributed by atoms with Crippen LogP contribution in [0, 0.1) is 0 Å². The van der Waals surface area contributed by atoms with Crippen molar-refractivity contribution < 1.29 is 9.90 Å². The Hall–Kier alpha value is -1.55. The zero-order valence-electron chi connectivity index (χ0n) is 12.1. The lowest BCUT2D eigenvalue weighted by atomic mass is 9.86. The molecule has 1 aromatic carbocycles. The van der Waals surface area contributed by atoms with E-state index < -0.39 is 5.97 Å². The molecule has 20 heavy (non-hydrogen) atoms. The quantitative estimate of drug-likeness (QED) is 0.896. The minimum absolute atomic E-state index is 0.512. The van der Waals surface area contributed by atoms with Crippen LogP contribution in [0.2, 0.25) is 0 Å². The molecule has 4 nitrogen and oxygen atoms in total. The maximum absolute atomic E-state index is 11.4. The van der Waals surface area contributed by atoms with Crippen molar-refractivity contribution >= 4 is 11.7 Å². The summed E-state index contributed by atoms with van der Waals surface area (Å²) < 4.78 is 0. The summed E-state index contributed by atoms with van der Waals surface area (Å²) in [5, 5.41) is 9.36. The van der Waals surface area contributed by atoms with Crippen LogP contribution in [0.25, 0.3) is 0 Å². The van der Waals surface area contributed by atoms with Gasteiger partial charge in [-0.25, -0.2) is 4.79 Å². The molecule has 0 unspecified atom stereocenters. The number of aromatic carboxylic acids is 1. The van der Waals surface area contributed by atoms with Gasteiger partial charge < -0.3 is 14.9 Å². The van der Waals surface area contributed by atoms with E-state index in [0.717, 1.165) is 51.0 Å². The van der Waals surface area contributed by atoms with Gasteiger partial charge in [0.1, 0.15) is 0 Å². The second-order valence-electron chi connectivity index (χ2n) is 5.89. The number of benzene rings is 1. The molecule has 2 aliphatic rings. The molecular weight excluding hydrogens is 252 g/mol. The SMILES string of the molecule is CN1CCN(c2ccc(C(=O)O)c3c2CCCC3)CC1. The van der Waals surface area contributed by atoms with E-state index in [1.54, 1.807) is 6.07 Å². The number of rotatable bonds is 2. The molecule has 1 aromatic rings. The summed E-state index contributed by atoms with van der Waals surface area (Å²) in [6.07, 6.45) is 4.23.